The molecular weight excluding hydrogens is 304 g/mol. The summed E-state index contributed by atoms with van der Waals surface area (Å²) < 4.78 is 5.39. The number of ether oxygens (including phenoxy) is 1. The van der Waals surface area contributed by atoms with Crippen LogP contribution in [0.1, 0.15) is 17.4 Å². The Morgan fingerprint density at radius 3 is 2.52 bits per heavy atom. The second-order valence-corrected chi connectivity index (χ2v) is 6.42. The van der Waals surface area contributed by atoms with Crippen LogP contribution in [0.15, 0.2) is 48.5 Å². The second kappa shape index (κ2) is 6.84. The lowest BCUT2D eigenvalue weighted by molar-refractivity contribution is 0.417. The van der Waals surface area contributed by atoms with Crippen molar-refractivity contribution in [2.24, 2.45) is 0 Å². The van der Waals surface area contributed by atoms with Crippen LogP contribution < -0.4 is 10.1 Å². The summed E-state index contributed by atoms with van der Waals surface area (Å²) in [6.07, 6.45) is 0.967. The Kier molecular flexibility index (Phi) is 4.63. The van der Waals surface area contributed by atoms with Gasteiger partial charge in [0.05, 0.1) is 18.5 Å². The van der Waals surface area contributed by atoms with Gasteiger partial charge in [-0.3, -0.25) is 0 Å². The number of anilines is 2. The summed E-state index contributed by atoms with van der Waals surface area (Å²) in [5.41, 5.74) is 4.42. The zero-order chi connectivity index (χ0) is 16.2. The standard InChI is InChI=1S/C19H20N2OS/c1-4-17-18(14-11-9-13(2)10-12-14)21-19(23-17)20-15-7-5-6-8-16(15)22-3/h5-12H,4H2,1-3H3,(H,20,21). The highest BCUT2D eigenvalue weighted by molar-refractivity contribution is 7.16. The van der Waals surface area contributed by atoms with Gasteiger partial charge >= 0.3 is 0 Å². The maximum atomic E-state index is 5.39. The quantitative estimate of drug-likeness (QED) is 0.679. The number of hydrogen-bond donors (Lipinski definition) is 1. The molecule has 0 aliphatic heterocycles. The highest BCUT2D eigenvalue weighted by Gasteiger charge is 2.13. The van der Waals surface area contributed by atoms with Crippen LogP contribution in [-0.4, -0.2) is 12.1 Å². The van der Waals surface area contributed by atoms with E-state index in [1.807, 2.05) is 24.3 Å². The summed E-state index contributed by atoms with van der Waals surface area (Å²) in [5, 5.41) is 4.27. The number of methoxy groups -OCH3 is 1. The van der Waals surface area contributed by atoms with Gasteiger partial charge in [-0.15, -0.1) is 11.3 Å². The number of hydrogen-bond acceptors (Lipinski definition) is 4. The van der Waals surface area contributed by atoms with E-state index in [4.69, 9.17) is 9.72 Å². The number of benzene rings is 2. The van der Waals surface area contributed by atoms with Crippen molar-refractivity contribution in [3.05, 3.63) is 59.0 Å². The Bertz CT molecular complexity index is 793. The molecule has 0 aliphatic rings. The molecule has 1 N–H and O–H groups in total. The number of aryl methyl sites for hydroxylation is 2. The summed E-state index contributed by atoms with van der Waals surface area (Å²) >= 11 is 1.69. The molecule has 4 heteroatoms. The van der Waals surface area contributed by atoms with E-state index >= 15 is 0 Å². The average Bonchev–Trinajstić information content (AvgIpc) is 2.99. The predicted molar refractivity (Wildman–Crippen MR) is 97.9 cm³/mol. The Morgan fingerprint density at radius 2 is 1.83 bits per heavy atom. The smallest absolute Gasteiger partial charge is 0.188 e. The maximum absolute atomic E-state index is 5.39. The molecule has 0 radical (unpaired) electrons. The molecule has 0 aliphatic carbocycles. The van der Waals surface area contributed by atoms with Gasteiger partial charge in [-0.25, -0.2) is 4.98 Å². The first-order valence-corrected chi connectivity index (χ1v) is 8.49. The van der Waals surface area contributed by atoms with E-state index in [9.17, 15) is 0 Å². The summed E-state index contributed by atoms with van der Waals surface area (Å²) in [6.45, 7) is 4.26. The number of aromatic nitrogens is 1. The monoisotopic (exact) mass is 324 g/mol. The van der Waals surface area contributed by atoms with Gasteiger partial charge in [0, 0.05) is 10.4 Å². The first-order valence-electron chi connectivity index (χ1n) is 7.68. The van der Waals surface area contributed by atoms with Gasteiger partial charge in [0.15, 0.2) is 5.13 Å². The van der Waals surface area contributed by atoms with Crippen molar-refractivity contribution >= 4 is 22.2 Å². The van der Waals surface area contributed by atoms with Crippen molar-refractivity contribution in [1.82, 2.24) is 4.98 Å². The van der Waals surface area contributed by atoms with Crippen molar-refractivity contribution in [2.45, 2.75) is 20.3 Å². The molecule has 1 heterocycles. The Morgan fingerprint density at radius 1 is 1.09 bits per heavy atom. The molecule has 3 nitrogen and oxygen atoms in total. The molecule has 0 fully saturated rings. The lowest BCUT2D eigenvalue weighted by Gasteiger charge is -2.08. The van der Waals surface area contributed by atoms with Crippen LogP contribution in [0.3, 0.4) is 0 Å². The molecule has 23 heavy (non-hydrogen) atoms. The molecule has 0 unspecified atom stereocenters. The van der Waals surface area contributed by atoms with E-state index in [0.29, 0.717) is 0 Å². The Labute approximate surface area is 141 Å². The molecule has 0 saturated heterocycles. The lowest BCUT2D eigenvalue weighted by Crippen LogP contribution is -1.93. The number of thiazole rings is 1. The largest absolute Gasteiger partial charge is 0.495 e. The van der Waals surface area contributed by atoms with Crippen LogP contribution in [0, 0.1) is 6.92 Å². The van der Waals surface area contributed by atoms with Crippen molar-refractivity contribution in [3.8, 4) is 17.0 Å². The van der Waals surface area contributed by atoms with Crippen LogP contribution in [0.5, 0.6) is 5.75 Å². The molecule has 0 amide bonds. The second-order valence-electron chi connectivity index (χ2n) is 5.34. The molecule has 3 aromatic rings. The Balaban J connectivity index is 1.94. The number of nitrogens with zero attached hydrogens (tertiary/aromatic N) is 1. The molecule has 2 aromatic carbocycles. The molecule has 118 valence electrons. The van der Waals surface area contributed by atoms with E-state index in [1.165, 1.54) is 10.4 Å². The fraction of sp³-hybridized carbons (Fsp3) is 0.211. The van der Waals surface area contributed by atoms with Crippen LogP contribution in [0.25, 0.3) is 11.3 Å². The van der Waals surface area contributed by atoms with Crippen molar-refractivity contribution < 1.29 is 4.74 Å². The fourth-order valence-corrected chi connectivity index (χ4v) is 3.38. The minimum absolute atomic E-state index is 0.817. The van der Waals surface area contributed by atoms with Crippen LogP contribution in [-0.2, 0) is 6.42 Å². The minimum atomic E-state index is 0.817. The van der Waals surface area contributed by atoms with Gasteiger partial charge in [0.1, 0.15) is 5.75 Å². The lowest BCUT2D eigenvalue weighted by atomic mass is 10.1. The molecule has 0 saturated carbocycles. The first kappa shape index (κ1) is 15.6. The van der Waals surface area contributed by atoms with E-state index in [0.717, 1.165) is 34.2 Å². The summed E-state index contributed by atoms with van der Waals surface area (Å²) in [4.78, 5) is 6.09. The van der Waals surface area contributed by atoms with Crippen LogP contribution >= 0.6 is 11.3 Å². The average molecular weight is 324 g/mol. The molecule has 0 spiro atoms. The summed E-state index contributed by atoms with van der Waals surface area (Å²) in [5.74, 6) is 0.817. The zero-order valence-corrected chi connectivity index (χ0v) is 14.4. The number of nitrogens with one attached hydrogen (secondary N) is 1. The SMILES string of the molecule is CCc1sc(Nc2ccccc2OC)nc1-c1ccc(C)cc1. The summed E-state index contributed by atoms with van der Waals surface area (Å²) in [7, 11) is 1.68. The van der Waals surface area contributed by atoms with Gasteiger partial charge in [0.25, 0.3) is 0 Å². The number of para-hydroxylation sites is 2. The van der Waals surface area contributed by atoms with Gasteiger partial charge < -0.3 is 10.1 Å². The topological polar surface area (TPSA) is 34.1 Å². The molecule has 1 aromatic heterocycles. The normalized spacial score (nSPS) is 10.6. The first-order chi connectivity index (χ1) is 11.2. The Hall–Kier alpha value is -2.33. The van der Waals surface area contributed by atoms with Gasteiger partial charge in [-0.05, 0) is 25.5 Å². The molecule has 0 atom stereocenters. The molecule has 3 rings (SSSR count). The minimum Gasteiger partial charge on any atom is -0.495 e. The van der Waals surface area contributed by atoms with E-state index < -0.39 is 0 Å². The molecule has 0 bridgehead atoms. The van der Waals surface area contributed by atoms with Gasteiger partial charge in [0.2, 0.25) is 0 Å². The van der Waals surface area contributed by atoms with Crippen molar-refractivity contribution in [3.63, 3.8) is 0 Å². The zero-order valence-electron chi connectivity index (χ0n) is 13.6. The van der Waals surface area contributed by atoms with E-state index in [1.54, 1.807) is 18.4 Å². The van der Waals surface area contributed by atoms with Gasteiger partial charge in [-0.2, -0.15) is 0 Å². The number of rotatable bonds is 5. The highest BCUT2D eigenvalue weighted by Crippen LogP contribution is 2.35. The maximum Gasteiger partial charge on any atom is 0.188 e. The fourth-order valence-electron chi connectivity index (χ4n) is 2.44. The van der Waals surface area contributed by atoms with Crippen LogP contribution in [0.4, 0.5) is 10.8 Å². The molecular formula is C19H20N2OS. The van der Waals surface area contributed by atoms with Crippen LogP contribution in [0.2, 0.25) is 0 Å². The third-order valence-electron chi connectivity index (χ3n) is 3.69. The van der Waals surface area contributed by atoms with Crippen molar-refractivity contribution in [1.29, 1.82) is 0 Å². The van der Waals surface area contributed by atoms with E-state index in [-0.39, 0.29) is 0 Å². The predicted octanol–water partition coefficient (Wildman–Crippen LogP) is 5.43. The highest BCUT2D eigenvalue weighted by atomic mass is 32.1. The third kappa shape index (κ3) is 3.37. The third-order valence-corrected chi connectivity index (χ3v) is 4.81. The van der Waals surface area contributed by atoms with Gasteiger partial charge in [-0.1, -0.05) is 48.9 Å². The summed E-state index contributed by atoms with van der Waals surface area (Å²) in [6, 6.07) is 16.4. The van der Waals surface area contributed by atoms with E-state index in [2.05, 4.69) is 43.4 Å². The van der Waals surface area contributed by atoms with Crippen molar-refractivity contribution in [2.75, 3.05) is 12.4 Å².